The summed E-state index contributed by atoms with van der Waals surface area (Å²) in [6, 6.07) is 6.40. The molecule has 1 fully saturated rings. The van der Waals surface area contributed by atoms with Gasteiger partial charge in [0.2, 0.25) is 0 Å². The number of carbonyl (C=O) groups is 1. The molecule has 1 heterocycles. The summed E-state index contributed by atoms with van der Waals surface area (Å²) < 4.78 is 18.9. The largest absolute Gasteiger partial charge is 0.444 e. The van der Waals surface area contributed by atoms with Crippen LogP contribution in [-0.4, -0.2) is 28.6 Å². The van der Waals surface area contributed by atoms with Crippen LogP contribution in [0.4, 0.5) is 9.18 Å². The number of aromatic nitrogens is 1. The Labute approximate surface area is 170 Å². The average molecular weight is 405 g/mol. The molecule has 28 heavy (non-hydrogen) atoms. The first-order valence-electron chi connectivity index (χ1n) is 9.88. The zero-order chi connectivity index (χ0) is 20.5. The summed E-state index contributed by atoms with van der Waals surface area (Å²) >= 11 is 1.59. The number of carbonyl (C=O) groups excluding carboxylic acids is 1. The normalized spacial score (nSPS) is 16.2. The van der Waals surface area contributed by atoms with Crippen LogP contribution in [0.1, 0.15) is 76.0 Å². The van der Waals surface area contributed by atoms with Gasteiger partial charge in [0.05, 0.1) is 16.6 Å². The van der Waals surface area contributed by atoms with Crippen LogP contribution in [0.15, 0.2) is 24.3 Å². The zero-order valence-electron chi connectivity index (χ0n) is 17.3. The minimum absolute atomic E-state index is 0.200. The first-order valence-corrected chi connectivity index (χ1v) is 10.7. The van der Waals surface area contributed by atoms with Crippen molar-refractivity contribution in [2.75, 3.05) is 7.05 Å². The quantitative estimate of drug-likeness (QED) is 0.581. The highest BCUT2D eigenvalue weighted by atomic mass is 32.1. The van der Waals surface area contributed by atoms with E-state index in [-0.39, 0.29) is 18.0 Å². The summed E-state index contributed by atoms with van der Waals surface area (Å²) in [4.78, 5) is 20.1. The van der Waals surface area contributed by atoms with E-state index < -0.39 is 5.60 Å². The summed E-state index contributed by atoms with van der Waals surface area (Å²) in [5.41, 5.74) is 1.54. The van der Waals surface area contributed by atoms with Crippen LogP contribution in [0.25, 0.3) is 10.4 Å². The second kappa shape index (κ2) is 8.19. The minimum atomic E-state index is -0.539. The minimum Gasteiger partial charge on any atom is -0.444 e. The molecule has 0 aliphatic heterocycles. The van der Waals surface area contributed by atoms with E-state index in [1.54, 1.807) is 23.3 Å². The highest BCUT2D eigenvalue weighted by Crippen LogP contribution is 2.43. The summed E-state index contributed by atoms with van der Waals surface area (Å²) in [7, 11) is 1.74. The van der Waals surface area contributed by atoms with Crippen molar-refractivity contribution in [3.8, 4) is 10.4 Å². The van der Waals surface area contributed by atoms with Crippen LogP contribution in [-0.2, 0) is 4.74 Å². The number of thiazole rings is 1. The van der Waals surface area contributed by atoms with Gasteiger partial charge in [0, 0.05) is 13.0 Å². The molecule has 1 saturated carbocycles. The molecule has 1 atom stereocenters. The van der Waals surface area contributed by atoms with E-state index in [4.69, 9.17) is 9.72 Å². The van der Waals surface area contributed by atoms with E-state index in [1.807, 2.05) is 39.8 Å². The predicted molar refractivity (Wildman–Crippen MR) is 111 cm³/mol. The maximum absolute atomic E-state index is 13.4. The molecule has 152 valence electrons. The highest BCUT2D eigenvalue weighted by molar-refractivity contribution is 7.15. The Kier molecular flexibility index (Phi) is 6.08. The number of amides is 1. The van der Waals surface area contributed by atoms with E-state index >= 15 is 0 Å². The topological polar surface area (TPSA) is 42.4 Å². The van der Waals surface area contributed by atoms with E-state index in [9.17, 15) is 9.18 Å². The van der Waals surface area contributed by atoms with Crippen molar-refractivity contribution >= 4 is 17.4 Å². The van der Waals surface area contributed by atoms with Crippen LogP contribution in [0.3, 0.4) is 0 Å². The fraction of sp³-hybridized carbons (Fsp3) is 0.545. The average Bonchev–Trinajstić information content (AvgIpc) is 3.29. The third-order valence-electron chi connectivity index (χ3n) is 5.14. The molecule has 2 aromatic rings. The van der Waals surface area contributed by atoms with Crippen molar-refractivity contribution in [1.29, 1.82) is 0 Å². The highest BCUT2D eigenvalue weighted by Gasteiger charge is 2.29. The maximum atomic E-state index is 13.4. The van der Waals surface area contributed by atoms with E-state index in [1.165, 1.54) is 25.0 Å². The van der Waals surface area contributed by atoms with Crippen molar-refractivity contribution in [2.45, 2.75) is 70.9 Å². The third-order valence-corrected chi connectivity index (χ3v) is 6.43. The summed E-state index contributed by atoms with van der Waals surface area (Å²) in [6.07, 6.45) is 4.34. The fourth-order valence-electron chi connectivity index (χ4n) is 3.47. The molecule has 0 unspecified atom stereocenters. The molecule has 1 aliphatic carbocycles. The van der Waals surface area contributed by atoms with Gasteiger partial charge in [-0.05, 0) is 58.2 Å². The van der Waals surface area contributed by atoms with Gasteiger partial charge in [-0.25, -0.2) is 14.2 Å². The molecule has 4 nitrogen and oxygen atoms in total. The monoisotopic (exact) mass is 404 g/mol. The number of hydrogen-bond acceptors (Lipinski definition) is 4. The second-order valence-electron chi connectivity index (χ2n) is 8.52. The lowest BCUT2D eigenvalue weighted by atomic mass is 10.00. The molecule has 0 bridgehead atoms. The summed E-state index contributed by atoms with van der Waals surface area (Å²) in [5.74, 6) is 0.193. The number of halogens is 1. The Balaban J connectivity index is 1.92. The fourth-order valence-corrected chi connectivity index (χ4v) is 4.72. The Morgan fingerprint density at radius 2 is 1.86 bits per heavy atom. The van der Waals surface area contributed by atoms with Crippen LogP contribution >= 0.6 is 11.3 Å². The standard InChI is InChI=1S/C22H29FN2O2S/c1-14(25(5)21(26)27-22(2,3)4)20-24-18(15-8-6-7-9-15)19(28-20)16-10-12-17(23)13-11-16/h10-15H,6-9H2,1-5H3/t14-/m0/s1. The van der Waals surface area contributed by atoms with Crippen LogP contribution in [0.5, 0.6) is 0 Å². The van der Waals surface area contributed by atoms with Crippen molar-refractivity contribution in [1.82, 2.24) is 9.88 Å². The molecule has 0 saturated heterocycles. The van der Waals surface area contributed by atoms with Gasteiger partial charge in [0.25, 0.3) is 0 Å². The Hall–Kier alpha value is -1.95. The number of ether oxygens (including phenoxy) is 1. The number of nitrogens with zero attached hydrogens (tertiary/aromatic N) is 2. The Bertz CT molecular complexity index is 820. The number of benzene rings is 1. The van der Waals surface area contributed by atoms with Gasteiger partial charge in [-0.2, -0.15) is 0 Å². The molecule has 0 N–H and O–H groups in total. The Morgan fingerprint density at radius 3 is 2.43 bits per heavy atom. The van der Waals surface area contributed by atoms with Crippen molar-refractivity contribution in [2.24, 2.45) is 0 Å². The van der Waals surface area contributed by atoms with Crippen LogP contribution < -0.4 is 0 Å². The molecule has 1 amide bonds. The van der Waals surface area contributed by atoms with Gasteiger partial charge in [-0.1, -0.05) is 25.0 Å². The third kappa shape index (κ3) is 4.72. The summed E-state index contributed by atoms with van der Waals surface area (Å²) in [6.45, 7) is 7.54. The molecular weight excluding hydrogens is 375 g/mol. The molecule has 1 aliphatic rings. The smallest absolute Gasteiger partial charge is 0.410 e. The molecule has 1 aromatic heterocycles. The van der Waals surface area contributed by atoms with Crippen molar-refractivity contribution in [3.63, 3.8) is 0 Å². The Morgan fingerprint density at radius 1 is 1.25 bits per heavy atom. The lowest BCUT2D eigenvalue weighted by Gasteiger charge is -2.27. The van der Waals surface area contributed by atoms with Crippen molar-refractivity contribution in [3.05, 3.63) is 40.8 Å². The van der Waals surface area contributed by atoms with Gasteiger partial charge in [-0.3, -0.25) is 0 Å². The molecule has 1 aromatic carbocycles. The number of hydrogen-bond donors (Lipinski definition) is 0. The number of rotatable bonds is 4. The molecule has 0 radical (unpaired) electrons. The van der Waals surface area contributed by atoms with Crippen LogP contribution in [0, 0.1) is 5.82 Å². The molecule has 6 heteroatoms. The summed E-state index contributed by atoms with van der Waals surface area (Å²) in [5, 5.41) is 0.884. The zero-order valence-corrected chi connectivity index (χ0v) is 18.1. The van der Waals surface area contributed by atoms with Gasteiger partial charge >= 0.3 is 6.09 Å². The van der Waals surface area contributed by atoms with Crippen LogP contribution in [0.2, 0.25) is 0 Å². The molecule has 3 rings (SSSR count). The van der Waals surface area contributed by atoms with Crippen molar-refractivity contribution < 1.29 is 13.9 Å². The maximum Gasteiger partial charge on any atom is 0.410 e. The lowest BCUT2D eigenvalue weighted by Crippen LogP contribution is -2.35. The lowest BCUT2D eigenvalue weighted by molar-refractivity contribution is 0.0233. The van der Waals surface area contributed by atoms with Gasteiger partial charge in [0.15, 0.2) is 0 Å². The second-order valence-corrected chi connectivity index (χ2v) is 9.55. The van der Waals surface area contributed by atoms with Gasteiger partial charge in [-0.15, -0.1) is 11.3 Å². The first kappa shape index (κ1) is 20.8. The van der Waals surface area contributed by atoms with E-state index in [0.717, 1.165) is 34.0 Å². The van der Waals surface area contributed by atoms with E-state index in [2.05, 4.69) is 0 Å². The van der Waals surface area contributed by atoms with Gasteiger partial charge < -0.3 is 9.64 Å². The van der Waals surface area contributed by atoms with E-state index in [0.29, 0.717) is 5.92 Å². The SMILES string of the molecule is C[C@@H](c1nc(C2CCCC2)c(-c2ccc(F)cc2)s1)N(C)C(=O)OC(C)(C)C. The predicted octanol–water partition coefficient (Wildman–Crippen LogP) is 6.53. The molecule has 0 spiro atoms. The molecular formula is C22H29FN2O2S. The van der Waals surface area contributed by atoms with Gasteiger partial charge in [0.1, 0.15) is 16.4 Å². The first-order chi connectivity index (χ1) is 13.2.